The summed E-state index contributed by atoms with van der Waals surface area (Å²) < 4.78 is 5.81. The van der Waals surface area contributed by atoms with E-state index in [1.807, 2.05) is 11.0 Å². The molecular formula is C19H28N2O2. The Hall–Kier alpha value is -1.55. The second-order valence-electron chi connectivity index (χ2n) is 7.18. The summed E-state index contributed by atoms with van der Waals surface area (Å²) in [4.78, 5) is 14.4. The van der Waals surface area contributed by atoms with Gasteiger partial charge < -0.3 is 15.4 Å². The molecule has 0 radical (unpaired) electrons. The molecule has 0 bridgehead atoms. The third-order valence-corrected chi connectivity index (χ3v) is 5.39. The van der Waals surface area contributed by atoms with E-state index >= 15 is 0 Å². The summed E-state index contributed by atoms with van der Waals surface area (Å²) in [6, 6.07) is 6.48. The molecule has 1 amide bonds. The molecule has 1 saturated heterocycles. The monoisotopic (exact) mass is 316 g/mol. The maximum Gasteiger partial charge on any atom is 0.222 e. The molecular weight excluding hydrogens is 288 g/mol. The van der Waals surface area contributed by atoms with Gasteiger partial charge in [0.25, 0.3) is 0 Å². The van der Waals surface area contributed by atoms with E-state index in [1.54, 1.807) is 0 Å². The van der Waals surface area contributed by atoms with Gasteiger partial charge in [0, 0.05) is 25.6 Å². The quantitative estimate of drug-likeness (QED) is 0.850. The number of carbonyl (C=O) groups excluding carboxylic acids is 1. The smallest absolute Gasteiger partial charge is 0.222 e. The van der Waals surface area contributed by atoms with Gasteiger partial charge in [0.1, 0.15) is 5.75 Å². The highest BCUT2D eigenvalue weighted by Crippen LogP contribution is 2.37. The van der Waals surface area contributed by atoms with Gasteiger partial charge in [-0.3, -0.25) is 4.79 Å². The first kappa shape index (κ1) is 16.3. The Morgan fingerprint density at radius 3 is 2.87 bits per heavy atom. The zero-order valence-electron chi connectivity index (χ0n) is 14.3. The van der Waals surface area contributed by atoms with Crippen LogP contribution >= 0.6 is 0 Å². The molecule has 0 aromatic heterocycles. The Morgan fingerprint density at radius 1 is 1.30 bits per heavy atom. The molecule has 2 aliphatic rings. The number of carbonyl (C=O) groups is 1. The number of ether oxygens (including phenoxy) is 1. The Morgan fingerprint density at radius 2 is 2.13 bits per heavy atom. The molecule has 23 heavy (non-hydrogen) atoms. The minimum Gasteiger partial charge on any atom is -0.493 e. The third-order valence-electron chi connectivity index (χ3n) is 5.39. The SMILES string of the molecule is Cc1ccc(OCCCC(=O)N2CC3CCC(N)C3C2)c(C)c1. The van der Waals surface area contributed by atoms with E-state index in [9.17, 15) is 4.79 Å². The van der Waals surface area contributed by atoms with Gasteiger partial charge >= 0.3 is 0 Å². The van der Waals surface area contributed by atoms with Crippen molar-refractivity contribution in [3.05, 3.63) is 29.3 Å². The molecule has 1 heterocycles. The van der Waals surface area contributed by atoms with Crippen LogP contribution in [0, 0.1) is 25.7 Å². The van der Waals surface area contributed by atoms with E-state index < -0.39 is 0 Å². The van der Waals surface area contributed by atoms with Gasteiger partial charge in [0.05, 0.1) is 6.61 Å². The second kappa shape index (κ2) is 6.91. The summed E-state index contributed by atoms with van der Waals surface area (Å²) in [6.07, 6.45) is 3.65. The second-order valence-corrected chi connectivity index (χ2v) is 7.18. The Bertz CT molecular complexity index is 572. The fourth-order valence-electron chi connectivity index (χ4n) is 4.04. The minimum absolute atomic E-state index is 0.260. The average Bonchev–Trinajstić information content (AvgIpc) is 3.08. The van der Waals surface area contributed by atoms with Crippen molar-refractivity contribution in [1.82, 2.24) is 4.90 Å². The molecule has 0 spiro atoms. The fraction of sp³-hybridized carbons (Fsp3) is 0.632. The first-order chi connectivity index (χ1) is 11.0. The van der Waals surface area contributed by atoms with Crippen molar-refractivity contribution in [2.75, 3.05) is 19.7 Å². The number of fused-ring (bicyclic) bond motifs is 1. The van der Waals surface area contributed by atoms with Crippen molar-refractivity contribution in [2.45, 2.75) is 45.6 Å². The number of aryl methyl sites for hydroxylation is 2. The topological polar surface area (TPSA) is 55.6 Å². The van der Waals surface area contributed by atoms with Gasteiger partial charge in [0.15, 0.2) is 0 Å². The molecule has 1 aliphatic carbocycles. The van der Waals surface area contributed by atoms with E-state index in [4.69, 9.17) is 10.5 Å². The molecule has 2 N–H and O–H groups in total. The van der Waals surface area contributed by atoms with Gasteiger partial charge in [-0.1, -0.05) is 17.7 Å². The van der Waals surface area contributed by atoms with Crippen molar-refractivity contribution >= 4 is 5.91 Å². The predicted molar refractivity (Wildman–Crippen MR) is 91.4 cm³/mol. The zero-order chi connectivity index (χ0) is 16.4. The van der Waals surface area contributed by atoms with Crippen molar-refractivity contribution in [1.29, 1.82) is 0 Å². The Kier molecular flexibility index (Phi) is 4.90. The van der Waals surface area contributed by atoms with Crippen LogP contribution in [0.2, 0.25) is 0 Å². The highest BCUT2D eigenvalue weighted by atomic mass is 16.5. The molecule has 3 rings (SSSR count). The van der Waals surface area contributed by atoms with Crippen LogP contribution in [0.4, 0.5) is 0 Å². The van der Waals surface area contributed by atoms with Crippen molar-refractivity contribution in [3.8, 4) is 5.75 Å². The number of benzene rings is 1. The van der Waals surface area contributed by atoms with Crippen LogP contribution < -0.4 is 10.5 Å². The number of amides is 1. The lowest BCUT2D eigenvalue weighted by molar-refractivity contribution is -0.130. The van der Waals surface area contributed by atoms with Crippen molar-refractivity contribution in [2.24, 2.45) is 17.6 Å². The number of nitrogens with two attached hydrogens (primary N) is 1. The Balaban J connectivity index is 1.40. The van der Waals surface area contributed by atoms with Gasteiger partial charge in [-0.15, -0.1) is 0 Å². The van der Waals surface area contributed by atoms with E-state index in [2.05, 4.69) is 26.0 Å². The molecule has 3 unspecified atom stereocenters. The van der Waals surface area contributed by atoms with E-state index in [0.717, 1.165) is 37.2 Å². The number of hydrogen-bond acceptors (Lipinski definition) is 3. The van der Waals surface area contributed by atoms with Crippen LogP contribution in [0.5, 0.6) is 5.75 Å². The summed E-state index contributed by atoms with van der Waals surface area (Å²) in [6.45, 7) is 6.50. The normalized spacial score (nSPS) is 26.4. The first-order valence-electron chi connectivity index (χ1n) is 8.78. The molecule has 1 aliphatic heterocycles. The zero-order valence-corrected chi connectivity index (χ0v) is 14.3. The van der Waals surface area contributed by atoms with Crippen LogP contribution in [0.1, 0.15) is 36.8 Å². The maximum absolute atomic E-state index is 12.3. The number of hydrogen-bond donors (Lipinski definition) is 1. The molecule has 1 saturated carbocycles. The molecule has 1 aromatic rings. The summed E-state index contributed by atoms with van der Waals surface area (Å²) in [5.41, 5.74) is 8.52. The predicted octanol–water partition coefficient (Wildman–Crippen LogP) is 2.66. The van der Waals surface area contributed by atoms with Crippen molar-refractivity contribution in [3.63, 3.8) is 0 Å². The van der Waals surface area contributed by atoms with Gasteiger partial charge in [-0.25, -0.2) is 0 Å². The average molecular weight is 316 g/mol. The summed E-state index contributed by atoms with van der Waals surface area (Å²) in [7, 11) is 0. The lowest BCUT2D eigenvalue weighted by atomic mass is 9.98. The van der Waals surface area contributed by atoms with Gasteiger partial charge in [-0.05, 0) is 56.6 Å². The van der Waals surface area contributed by atoms with Crippen LogP contribution in [-0.4, -0.2) is 36.5 Å². The van der Waals surface area contributed by atoms with E-state index in [-0.39, 0.29) is 5.91 Å². The summed E-state index contributed by atoms with van der Waals surface area (Å²) >= 11 is 0. The molecule has 126 valence electrons. The molecule has 4 nitrogen and oxygen atoms in total. The Labute approximate surface area is 139 Å². The minimum atomic E-state index is 0.260. The standard InChI is InChI=1S/C19H28N2O2/c1-13-5-8-18(14(2)10-13)23-9-3-4-19(22)21-11-15-6-7-17(20)16(15)12-21/h5,8,10,15-17H,3-4,6-7,9,11-12,20H2,1-2H3. The van der Waals surface area contributed by atoms with Crippen LogP contribution in [0.3, 0.4) is 0 Å². The summed E-state index contributed by atoms with van der Waals surface area (Å²) in [5.74, 6) is 2.35. The summed E-state index contributed by atoms with van der Waals surface area (Å²) in [5, 5.41) is 0. The highest BCUT2D eigenvalue weighted by Gasteiger charge is 2.42. The van der Waals surface area contributed by atoms with Crippen molar-refractivity contribution < 1.29 is 9.53 Å². The largest absolute Gasteiger partial charge is 0.493 e. The fourth-order valence-corrected chi connectivity index (χ4v) is 4.04. The van der Waals surface area contributed by atoms with Gasteiger partial charge in [0.2, 0.25) is 5.91 Å². The van der Waals surface area contributed by atoms with E-state index in [0.29, 0.717) is 30.9 Å². The van der Waals surface area contributed by atoms with E-state index in [1.165, 1.54) is 12.0 Å². The molecule has 3 atom stereocenters. The van der Waals surface area contributed by atoms with Gasteiger partial charge in [-0.2, -0.15) is 0 Å². The lowest BCUT2D eigenvalue weighted by Crippen LogP contribution is -2.33. The highest BCUT2D eigenvalue weighted by molar-refractivity contribution is 5.76. The first-order valence-corrected chi connectivity index (χ1v) is 8.78. The van der Waals surface area contributed by atoms with Crippen LogP contribution in [-0.2, 0) is 4.79 Å². The number of likely N-dealkylation sites (tertiary alicyclic amines) is 1. The molecule has 4 heteroatoms. The number of nitrogens with zero attached hydrogens (tertiary/aromatic N) is 1. The number of rotatable bonds is 5. The van der Waals surface area contributed by atoms with Crippen LogP contribution in [0.15, 0.2) is 18.2 Å². The van der Waals surface area contributed by atoms with Crippen LogP contribution in [0.25, 0.3) is 0 Å². The molecule has 1 aromatic carbocycles. The third kappa shape index (κ3) is 3.69. The maximum atomic E-state index is 12.3. The lowest BCUT2D eigenvalue weighted by Gasteiger charge is -2.19. The molecule has 2 fully saturated rings.